The van der Waals surface area contributed by atoms with E-state index in [9.17, 15) is 9.59 Å². The summed E-state index contributed by atoms with van der Waals surface area (Å²) in [5.74, 6) is -0.0998. The molecule has 5 heteroatoms. The van der Waals surface area contributed by atoms with Crippen LogP contribution in [0.25, 0.3) is 0 Å². The second-order valence-electron chi connectivity index (χ2n) is 7.86. The first-order valence-electron chi connectivity index (χ1n) is 10.6. The zero-order chi connectivity index (χ0) is 21.4. The molecule has 0 saturated heterocycles. The van der Waals surface area contributed by atoms with Gasteiger partial charge in [-0.15, -0.1) is 0 Å². The molecular weight excluding hydrogens is 362 g/mol. The number of carbonyl (C=O) groups is 2. The molecule has 5 nitrogen and oxygen atoms in total. The van der Waals surface area contributed by atoms with Gasteiger partial charge in [0.05, 0.1) is 6.54 Å². The highest BCUT2D eigenvalue weighted by Gasteiger charge is 2.24. The number of hydrogen-bond acceptors (Lipinski definition) is 2. The minimum Gasteiger partial charge on any atom is -0.353 e. The van der Waals surface area contributed by atoms with Gasteiger partial charge in [-0.1, -0.05) is 32.4 Å². The molecule has 1 aromatic heterocycles. The van der Waals surface area contributed by atoms with Crippen LogP contribution in [0.15, 0.2) is 42.6 Å². The predicted octanol–water partition coefficient (Wildman–Crippen LogP) is 4.27. The molecule has 2 amide bonds. The van der Waals surface area contributed by atoms with E-state index in [1.807, 2.05) is 73.0 Å². The predicted molar refractivity (Wildman–Crippen MR) is 118 cm³/mol. The van der Waals surface area contributed by atoms with E-state index in [-0.39, 0.29) is 24.4 Å². The molecule has 1 heterocycles. The van der Waals surface area contributed by atoms with E-state index < -0.39 is 0 Å². The number of unbranched alkanes of at least 4 members (excludes halogenated alkanes) is 1. The zero-order valence-electron chi connectivity index (χ0n) is 18.5. The topological polar surface area (TPSA) is 45.6 Å². The van der Waals surface area contributed by atoms with Gasteiger partial charge in [0.2, 0.25) is 5.91 Å². The second-order valence-corrected chi connectivity index (χ2v) is 7.86. The number of nitrogens with zero attached hydrogens (tertiary/aromatic N) is 3. The van der Waals surface area contributed by atoms with Crippen molar-refractivity contribution >= 4 is 11.8 Å². The van der Waals surface area contributed by atoms with Crippen molar-refractivity contribution in [1.29, 1.82) is 0 Å². The van der Waals surface area contributed by atoms with Crippen LogP contribution in [0.5, 0.6) is 0 Å². The van der Waals surface area contributed by atoms with Crippen molar-refractivity contribution in [3.8, 4) is 0 Å². The highest BCUT2D eigenvalue weighted by atomic mass is 16.2. The lowest BCUT2D eigenvalue weighted by Gasteiger charge is -2.30. The van der Waals surface area contributed by atoms with Gasteiger partial charge in [0.1, 0.15) is 6.54 Å². The first-order valence-corrected chi connectivity index (χ1v) is 10.6. The molecule has 1 aromatic carbocycles. The van der Waals surface area contributed by atoms with Crippen LogP contribution in [0.3, 0.4) is 0 Å². The maximum Gasteiger partial charge on any atom is 0.254 e. The molecule has 0 bridgehead atoms. The van der Waals surface area contributed by atoms with Crippen molar-refractivity contribution in [3.63, 3.8) is 0 Å². The molecule has 0 radical (unpaired) electrons. The fourth-order valence-corrected chi connectivity index (χ4v) is 3.28. The van der Waals surface area contributed by atoms with Crippen LogP contribution in [-0.2, 0) is 24.8 Å². The standard InChI is InChI=1S/C24H35N3O2/c1-6-8-16-26(17-22-10-9-15-25(22)5)23(28)18-27(19(3)4)24(29)21-13-11-20(7-2)12-14-21/h9-15,19H,6-8,16-18H2,1-5H3. The highest BCUT2D eigenvalue weighted by Crippen LogP contribution is 2.13. The van der Waals surface area contributed by atoms with Gasteiger partial charge in [0, 0.05) is 37.1 Å². The molecule has 2 rings (SSSR count). The fraction of sp³-hybridized carbons (Fsp3) is 0.500. The summed E-state index contributed by atoms with van der Waals surface area (Å²) in [5.41, 5.74) is 2.92. The molecule has 2 aromatic rings. The third-order valence-corrected chi connectivity index (χ3v) is 5.34. The Kier molecular flexibility index (Phi) is 8.50. The normalized spacial score (nSPS) is 11.0. The number of amides is 2. The van der Waals surface area contributed by atoms with Crippen molar-refractivity contribution < 1.29 is 9.59 Å². The van der Waals surface area contributed by atoms with Crippen LogP contribution >= 0.6 is 0 Å². The number of carbonyl (C=O) groups excluding carboxylic acids is 2. The number of aromatic nitrogens is 1. The van der Waals surface area contributed by atoms with E-state index in [2.05, 4.69) is 13.8 Å². The van der Waals surface area contributed by atoms with Gasteiger partial charge in [0.15, 0.2) is 0 Å². The summed E-state index contributed by atoms with van der Waals surface area (Å²) in [6.07, 6.45) is 4.89. The van der Waals surface area contributed by atoms with Gasteiger partial charge in [-0.05, 0) is 56.5 Å². The monoisotopic (exact) mass is 397 g/mol. The third-order valence-electron chi connectivity index (χ3n) is 5.34. The average Bonchev–Trinajstić information content (AvgIpc) is 3.12. The molecule has 158 valence electrons. The molecule has 0 N–H and O–H groups in total. The minimum atomic E-state index is -0.0923. The number of hydrogen-bond donors (Lipinski definition) is 0. The maximum atomic E-state index is 13.2. The summed E-state index contributed by atoms with van der Waals surface area (Å²) < 4.78 is 2.03. The van der Waals surface area contributed by atoms with Crippen molar-refractivity contribution in [2.45, 2.75) is 59.5 Å². The summed E-state index contributed by atoms with van der Waals surface area (Å²) >= 11 is 0. The van der Waals surface area contributed by atoms with Gasteiger partial charge in [-0.3, -0.25) is 9.59 Å². The quantitative estimate of drug-likeness (QED) is 0.601. The maximum absolute atomic E-state index is 13.2. The summed E-state index contributed by atoms with van der Waals surface area (Å²) in [6.45, 7) is 9.49. The Morgan fingerprint density at radius 2 is 1.76 bits per heavy atom. The molecule has 0 aliphatic rings. The Bertz CT molecular complexity index is 793. The molecule has 0 spiro atoms. The van der Waals surface area contributed by atoms with Crippen molar-refractivity contribution in [3.05, 3.63) is 59.4 Å². The summed E-state index contributed by atoms with van der Waals surface area (Å²) in [4.78, 5) is 29.8. The summed E-state index contributed by atoms with van der Waals surface area (Å²) in [6, 6.07) is 11.7. The van der Waals surface area contributed by atoms with Crippen molar-refractivity contribution in [1.82, 2.24) is 14.4 Å². The summed E-state index contributed by atoms with van der Waals surface area (Å²) in [7, 11) is 1.99. The SMILES string of the molecule is CCCCN(Cc1cccn1C)C(=O)CN(C(=O)c1ccc(CC)cc1)C(C)C. The fourth-order valence-electron chi connectivity index (χ4n) is 3.28. The minimum absolute atomic E-state index is 0.00752. The molecule has 29 heavy (non-hydrogen) atoms. The summed E-state index contributed by atoms with van der Waals surface area (Å²) in [5, 5.41) is 0. The highest BCUT2D eigenvalue weighted by molar-refractivity contribution is 5.96. The average molecular weight is 398 g/mol. The van der Waals surface area contributed by atoms with Crippen molar-refractivity contribution in [2.75, 3.05) is 13.1 Å². The van der Waals surface area contributed by atoms with Gasteiger partial charge in [-0.2, -0.15) is 0 Å². The Morgan fingerprint density at radius 1 is 1.07 bits per heavy atom. The third kappa shape index (κ3) is 6.21. The van der Waals surface area contributed by atoms with Gasteiger partial charge < -0.3 is 14.4 Å². The Balaban J connectivity index is 2.15. The Morgan fingerprint density at radius 3 is 2.28 bits per heavy atom. The van der Waals surface area contributed by atoms with E-state index in [1.165, 1.54) is 5.56 Å². The zero-order valence-corrected chi connectivity index (χ0v) is 18.5. The lowest BCUT2D eigenvalue weighted by atomic mass is 10.1. The number of aryl methyl sites for hydroxylation is 2. The Labute approximate surface area is 175 Å². The number of benzene rings is 1. The smallest absolute Gasteiger partial charge is 0.254 e. The second kappa shape index (κ2) is 10.8. The largest absolute Gasteiger partial charge is 0.353 e. The molecule has 0 unspecified atom stereocenters. The number of rotatable bonds is 10. The molecular formula is C24H35N3O2. The van der Waals surface area contributed by atoms with Crippen LogP contribution in [0.1, 0.15) is 62.2 Å². The van der Waals surface area contributed by atoms with Gasteiger partial charge >= 0.3 is 0 Å². The molecule has 0 aliphatic heterocycles. The molecule has 0 aliphatic carbocycles. The lowest BCUT2D eigenvalue weighted by Crippen LogP contribution is -2.46. The first kappa shape index (κ1) is 22.7. The van der Waals surface area contributed by atoms with Crippen molar-refractivity contribution in [2.24, 2.45) is 7.05 Å². The lowest BCUT2D eigenvalue weighted by molar-refractivity contribution is -0.133. The molecule has 0 fully saturated rings. The van der Waals surface area contributed by atoms with Crippen LogP contribution < -0.4 is 0 Å². The van der Waals surface area contributed by atoms with Crippen LogP contribution in [0.2, 0.25) is 0 Å². The van der Waals surface area contributed by atoms with E-state index in [0.29, 0.717) is 18.7 Å². The first-order chi connectivity index (χ1) is 13.9. The van der Waals surface area contributed by atoms with Gasteiger partial charge in [0.25, 0.3) is 5.91 Å². The Hall–Kier alpha value is -2.56. The van der Waals surface area contributed by atoms with E-state index in [0.717, 1.165) is 25.0 Å². The van der Waals surface area contributed by atoms with Crippen LogP contribution in [0, 0.1) is 0 Å². The molecule has 0 atom stereocenters. The molecule has 0 saturated carbocycles. The van der Waals surface area contributed by atoms with Crippen LogP contribution in [-0.4, -0.2) is 45.3 Å². The van der Waals surface area contributed by atoms with E-state index >= 15 is 0 Å². The van der Waals surface area contributed by atoms with E-state index in [1.54, 1.807) is 4.90 Å². The van der Waals surface area contributed by atoms with Crippen LogP contribution in [0.4, 0.5) is 0 Å². The van der Waals surface area contributed by atoms with Gasteiger partial charge in [-0.25, -0.2) is 0 Å². The van der Waals surface area contributed by atoms with E-state index in [4.69, 9.17) is 0 Å².